The van der Waals surface area contributed by atoms with Crippen molar-refractivity contribution in [2.24, 2.45) is 0 Å². The molecule has 0 saturated heterocycles. The summed E-state index contributed by atoms with van der Waals surface area (Å²) in [6.07, 6.45) is 4.06. The van der Waals surface area contributed by atoms with E-state index in [2.05, 4.69) is 0 Å². The van der Waals surface area contributed by atoms with Gasteiger partial charge in [0.1, 0.15) is 17.2 Å². The fourth-order valence-electron chi connectivity index (χ4n) is 2.38. The Hall–Kier alpha value is -2.55. The molecule has 0 atom stereocenters. The molecule has 7 nitrogen and oxygen atoms in total. The highest BCUT2D eigenvalue weighted by Crippen LogP contribution is 2.19. The number of carbonyl (C=O) groups is 2. The molecule has 2 aromatic carbocycles. The first-order valence-electron chi connectivity index (χ1n) is 9.20. The Kier molecular flexibility index (Phi) is 10.7. The van der Waals surface area contributed by atoms with Gasteiger partial charge < -0.3 is 14.2 Å². The summed E-state index contributed by atoms with van der Waals surface area (Å²) in [6, 6.07) is 13.0. The van der Waals surface area contributed by atoms with Crippen molar-refractivity contribution in [3.63, 3.8) is 0 Å². The van der Waals surface area contributed by atoms with E-state index in [1.165, 1.54) is 0 Å². The molecule has 0 amide bonds. The molecule has 0 unspecified atom stereocenters. The molecule has 8 heteroatoms. The van der Waals surface area contributed by atoms with Gasteiger partial charge >= 0.3 is 5.97 Å². The normalized spacial score (nSPS) is 10.4. The minimum absolute atomic E-state index is 0.337. The Balaban J connectivity index is 1.67. The van der Waals surface area contributed by atoms with E-state index in [4.69, 9.17) is 22.6 Å². The summed E-state index contributed by atoms with van der Waals surface area (Å²) < 4.78 is 25.6. The molecule has 0 spiro atoms. The molecule has 0 heterocycles. The smallest absolute Gasteiger partial charge is 0.343 e. The number of carbonyl (C=O) groups excluding carboxylic acids is 2. The molecule has 0 N–H and O–H groups in total. The van der Waals surface area contributed by atoms with Crippen LogP contribution in [-0.2, 0) is 13.2 Å². The quantitative estimate of drug-likeness (QED) is 0.144. The molecule has 0 aromatic heterocycles. The molecule has 2 rings (SSSR count). The predicted octanol–water partition coefficient (Wildman–Crippen LogP) is 4.61. The fraction of sp³-hybridized carbons (Fsp3) is 0.333. The third-order valence-corrected chi connectivity index (χ3v) is 4.21. The second-order valence-corrected chi connectivity index (χ2v) is 6.62. The zero-order valence-electron chi connectivity index (χ0n) is 16.2. The van der Waals surface area contributed by atoms with Crippen LogP contribution in [0.1, 0.15) is 36.0 Å². The minimum atomic E-state index is -0.477. The number of rotatable bonds is 14. The van der Waals surface area contributed by atoms with E-state index in [-0.39, 0.29) is 0 Å². The van der Waals surface area contributed by atoms with Crippen LogP contribution in [0, 0.1) is 0 Å². The Morgan fingerprint density at radius 3 is 2.14 bits per heavy atom. The van der Waals surface area contributed by atoms with Gasteiger partial charge in [0.25, 0.3) is 6.47 Å². The van der Waals surface area contributed by atoms with Gasteiger partial charge in [0.15, 0.2) is 12.3 Å². The molecule has 2 aromatic rings. The SMILES string of the molecule is COSOCCCCCCOc1ccc(C(=O)Oc2ccc(OC=O)cc2)cc1. The molecule has 0 bridgehead atoms. The van der Waals surface area contributed by atoms with E-state index in [9.17, 15) is 9.59 Å². The lowest BCUT2D eigenvalue weighted by Crippen LogP contribution is -2.08. The van der Waals surface area contributed by atoms with Gasteiger partial charge in [-0.1, -0.05) is 6.42 Å². The van der Waals surface area contributed by atoms with Crippen molar-refractivity contribution in [2.45, 2.75) is 25.7 Å². The van der Waals surface area contributed by atoms with E-state index in [1.54, 1.807) is 55.6 Å². The van der Waals surface area contributed by atoms with Crippen LogP contribution >= 0.6 is 12.3 Å². The molecular weight excluding hydrogens is 396 g/mol. The van der Waals surface area contributed by atoms with Gasteiger partial charge in [-0.05, 0) is 67.8 Å². The van der Waals surface area contributed by atoms with E-state index in [1.807, 2.05) is 0 Å². The van der Waals surface area contributed by atoms with Crippen LogP contribution in [-0.4, -0.2) is 32.8 Å². The largest absolute Gasteiger partial charge is 0.494 e. The molecule has 0 aliphatic heterocycles. The summed E-state index contributed by atoms with van der Waals surface area (Å²) >= 11 is 1.01. The van der Waals surface area contributed by atoms with Crippen LogP contribution < -0.4 is 14.2 Å². The number of benzene rings is 2. The molecule has 0 aliphatic carbocycles. The number of hydrogen-bond acceptors (Lipinski definition) is 8. The van der Waals surface area contributed by atoms with Crippen LogP contribution in [0.3, 0.4) is 0 Å². The lowest BCUT2D eigenvalue weighted by molar-refractivity contribution is -0.120. The van der Waals surface area contributed by atoms with Gasteiger partial charge in [0.2, 0.25) is 0 Å². The molecule has 0 aliphatic rings. The first-order valence-corrected chi connectivity index (χ1v) is 9.87. The first-order chi connectivity index (χ1) is 14.2. The molecule has 156 valence electrons. The maximum Gasteiger partial charge on any atom is 0.343 e. The Bertz CT molecular complexity index is 732. The highest BCUT2D eigenvalue weighted by atomic mass is 32.2. The van der Waals surface area contributed by atoms with E-state index < -0.39 is 5.97 Å². The third kappa shape index (κ3) is 8.99. The van der Waals surface area contributed by atoms with Crippen molar-refractivity contribution in [1.29, 1.82) is 0 Å². The van der Waals surface area contributed by atoms with Crippen molar-refractivity contribution in [3.05, 3.63) is 54.1 Å². The first kappa shape index (κ1) is 22.7. The summed E-state index contributed by atoms with van der Waals surface area (Å²) in [4.78, 5) is 22.5. The van der Waals surface area contributed by atoms with E-state index >= 15 is 0 Å². The zero-order valence-corrected chi connectivity index (χ0v) is 17.0. The number of ether oxygens (including phenoxy) is 3. The Labute approximate surface area is 174 Å². The maximum absolute atomic E-state index is 12.2. The van der Waals surface area contributed by atoms with Crippen molar-refractivity contribution >= 4 is 24.8 Å². The van der Waals surface area contributed by atoms with E-state index in [0.717, 1.165) is 38.0 Å². The maximum atomic E-state index is 12.2. The van der Waals surface area contributed by atoms with Crippen molar-refractivity contribution in [3.8, 4) is 17.2 Å². The number of hydrogen-bond donors (Lipinski definition) is 0. The monoisotopic (exact) mass is 420 g/mol. The summed E-state index contributed by atoms with van der Waals surface area (Å²) in [5, 5.41) is 0. The van der Waals surface area contributed by atoms with Gasteiger partial charge in [-0.2, -0.15) is 0 Å². The predicted molar refractivity (Wildman–Crippen MR) is 109 cm³/mol. The Morgan fingerprint density at radius 1 is 0.862 bits per heavy atom. The van der Waals surface area contributed by atoms with Gasteiger partial charge in [-0.15, -0.1) is 0 Å². The fourth-order valence-corrected chi connectivity index (χ4v) is 2.67. The van der Waals surface area contributed by atoms with Crippen LogP contribution in [0.5, 0.6) is 17.2 Å². The standard InChI is InChI=1S/C21H24O7S/c1-24-29-27-15-5-3-2-4-14-25-18-8-6-17(7-9-18)21(23)28-20-12-10-19(11-13-20)26-16-22/h6-13,16H,2-5,14-15H2,1H3. The average Bonchev–Trinajstić information content (AvgIpc) is 2.74. The second kappa shape index (κ2) is 13.6. The molecule has 0 fully saturated rings. The summed E-state index contributed by atoms with van der Waals surface area (Å²) in [5.41, 5.74) is 0.416. The number of esters is 1. The van der Waals surface area contributed by atoms with Gasteiger partial charge in [0, 0.05) is 0 Å². The summed E-state index contributed by atoms with van der Waals surface area (Å²) in [6.45, 7) is 1.63. The third-order valence-electron chi connectivity index (χ3n) is 3.82. The topological polar surface area (TPSA) is 80.3 Å². The highest BCUT2D eigenvalue weighted by molar-refractivity contribution is 7.89. The van der Waals surface area contributed by atoms with Crippen LogP contribution in [0.25, 0.3) is 0 Å². The lowest BCUT2D eigenvalue weighted by Gasteiger charge is -2.08. The number of unbranched alkanes of at least 4 members (excludes halogenated alkanes) is 3. The summed E-state index contributed by atoms with van der Waals surface area (Å²) in [5.74, 6) is 0.964. The minimum Gasteiger partial charge on any atom is -0.494 e. The second-order valence-electron chi connectivity index (χ2n) is 5.92. The highest BCUT2D eigenvalue weighted by Gasteiger charge is 2.09. The molecule has 0 saturated carbocycles. The summed E-state index contributed by atoms with van der Waals surface area (Å²) in [7, 11) is 1.57. The van der Waals surface area contributed by atoms with Gasteiger partial charge in [-0.3, -0.25) is 13.2 Å². The molecular formula is C21H24O7S. The van der Waals surface area contributed by atoms with Gasteiger partial charge in [0.05, 0.1) is 25.9 Å². The van der Waals surface area contributed by atoms with Crippen LogP contribution in [0.4, 0.5) is 0 Å². The lowest BCUT2D eigenvalue weighted by atomic mass is 10.2. The van der Waals surface area contributed by atoms with Crippen LogP contribution in [0.15, 0.2) is 48.5 Å². The van der Waals surface area contributed by atoms with Gasteiger partial charge in [-0.25, -0.2) is 4.79 Å². The average molecular weight is 420 g/mol. The van der Waals surface area contributed by atoms with Crippen molar-refractivity contribution < 1.29 is 32.2 Å². The van der Waals surface area contributed by atoms with Crippen molar-refractivity contribution in [2.75, 3.05) is 20.3 Å². The zero-order chi connectivity index (χ0) is 20.7. The van der Waals surface area contributed by atoms with E-state index in [0.29, 0.717) is 42.5 Å². The molecule has 29 heavy (non-hydrogen) atoms. The van der Waals surface area contributed by atoms with Crippen molar-refractivity contribution in [1.82, 2.24) is 0 Å². The van der Waals surface area contributed by atoms with Crippen LogP contribution in [0.2, 0.25) is 0 Å². The molecule has 0 radical (unpaired) electrons. The Morgan fingerprint density at radius 2 is 1.48 bits per heavy atom.